The lowest BCUT2D eigenvalue weighted by Gasteiger charge is -2.24. The van der Waals surface area contributed by atoms with Gasteiger partial charge in [0.15, 0.2) is 0 Å². The minimum Gasteiger partial charge on any atom is -0.385 e. The van der Waals surface area contributed by atoms with Crippen LogP contribution in [0.3, 0.4) is 0 Å². The van der Waals surface area contributed by atoms with Crippen LogP contribution in [0, 0.1) is 13.8 Å². The van der Waals surface area contributed by atoms with E-state index in [4.69, 9.17) is 11.6 Å². The third-order valence-corrected chi connectivity index (χ3v) is 4.96. The van der Waals surface area contributed by atoms with Crippen molar-refractivity contribution >= 4 is 38.9 Å². The van der Waals surface area contributed by atoms with Crippen molar-refractivity contribution in [2.45, 2.75) is 32.8 Å². The standard InChI is InChI=1S/C14H15BrClNOS/c1-8-9(2)19-13(17-8)7-14(3,18)11-5-4-10(15)6-12(11)16/h4-6,18H,7H2,1-3H3. The molecule has 2 rings (SSSR count). The summed E-state index contributed by atoms with van der Waals surface area (Å²) < 4.78 is 0.901. The number of halogens is 2. The third kappa shape index (κ3) is 3.37. The molecule has 0 radical (unpaired) electrons. The van der Waals surface area contributed by atoms with Gasteiger partial charge < -0.3 is 5.11 Å². The molecule has 2 aromatic rings. The number of rotatable bonds is 3. The van der Waals surface area contributed by atoms with E-state index in [1.54, 1.807) is 24.3 Å². The molecule has 2 nitrogen and oxygen atoms in total. The van der Waals surface area contributed by atoms with Gasteiger partial charge in [0.2, 0.25) is 0 Å². The van der Waals surface area contributed by atoms with Crippen molar-refractivity contribution < 1.29 is 5.11 Å². The van der Waals surface area contributed by atoms with Gasteiger partial charge in [0.25, 0.3) is 0 Å². The Morgan fingerprint density at radius 1 is 1.42 bits per heavy atom. The topological polar surface area (TPSA) is 33.1 Å². The fourth-order valence-corrected chi connectivity index (χ4v) is 3.89. The smallest absolute Gasteiger partial charge is 0.0962 e. The molecule has 102 valence electrons. The van der Waals surface area contributed by atoms with Crippen molar-refractivity contribution in [3.8, 4) is 0 Å². The molecule has 1 heterocycles. The molecule has 0 saturated carbocycles. The van der Waals surface area contributed by atoms with Crippen LogP contribution in [0.15, 0.2) is 22.7 Å². The summed E-state index contributed by atoms with van der Waals surface area (Å²) in [6.07, 6.45) is 0.466. The number of benzene rings is 1. The minimum absolute atomic E-state index is 0.466. The Morgan fingerprint density at radius 2 is 2.11 bits per heavy atom. The lowest BCUT2D eigenvalue weighted by atomic mass is 9.93. The molecule has 1 N–H and O–H groups in total. The minimum atomic E-state index is -1.02. The van der Waals surface area contributed by atoms with Gasteiger partial charge in [-0.25, -0.2) is 4.98 Å². The Kier molecular flexibility index (Phi) is 4.35. The molecule has 0 aliphatic carbocycles. The second-order valence-corrected chi connectivity index (χ2v) is 7.43. The second-order valence-electron chi connectivity index (χ2n) is 4.82. The molecular formula is C14H15BrClNOS. The first-order valence-electron chi connectivity index (χ1n) is 5.90. The number of thiazole rings is 1. The molecule has 0 saturated heterocycles. The summed E-state index contributed by atoms with van der Waals surface area (Å²) >= 11 is 11.2. The van der Waals surface area contributed by atoms with E-state index in [1.165, 1.54) is 4.88 Å². The van der Waals surface area contributed by atoms with Crippen LogP contribution >= 0.6 is 38.9 Å². The van der Waals surface area contributed by atoms with Gasteiger partial charge in [0, 0.05) is 26.4 Å². The summed E-state index contributed by atoms with van der Waals surface area (Å²) in [5.74, 6) is 0. The molecule has 1 unspecified atom stereocenters. The summed E-state index contributed by atoms with van der Waals surface area (Å²) in [4.78, 5) is 5.66. The van der Waals surface area contributed by atoms with E-state index in [1.807, 2.05) is 26.0 Å². The Morgan fingerprint density at radius 3 is 2.63 bits per heavy atom. The zero-order valence-corrected chi connectivity index (χ0v) is 14.2. The normalized spacial score (nSPS) is 14.4. The van der Waals surface area contributed by atoms with Crippen molar-refractivity contribution in [1.82, 2.24) is 4.98 Å². The van der Waals surface area contributed by atoms with Crippen molar-refractivity contribution in [2.24, 2.45) is 0 Å². The van der Waals surface area contributed by atoms with Crippen LogP contribution in [0.2, 0.25) is 5.02 Å². The molecule has 0 bridgehead atoms. The number of nitrogens with zero attached hydrogens (tertiary/aromatic N) is 1. The first-order chi connectivity index (χ1) is 8.79. The fraction of sp³-hybridized carbons (Fsp3) is 0.357. The van der Waals surface area contributed by atoms with E-state index in [0.717, 1.165) is 20.7 Å². The van der Waals surface area contributed by atoms with Gasteiger partial charge in [-0.05, 0) is 32.9 Å². The van der Waals surface area contributed by atoms with Gasteiger partial charge >= 0.3 is 0 Å². The molecule has 1 atom stereocenters. The number of hydrogen-bond donors (Lipinski definition) is 1. The van der Waals surface area contributed by atoms with Crippen LogP contribution in [0.4, 0.5) is 0 Å². The zero-order chi connectivity index (χ0) is 14.2. The Balaban J connectivity index is 2.31. The van der Waals surface area contributed by atoms with Crippen LogP contribution < -0.4 is 0 Å². The van der Waals surface area contributed by atoms with E-state index >= 15 is 0 Å². The van der Waals surface area contributed by atoms with Gasteiger partial charge in [-0.1, -0.05) is 33.6 Å². The first kappa shape index (κ1) is 15.0. The molecule has 0 spiro atoms. The molecule has 19 heavy (non-hydrogen) atoms. The lowest BCUT2D eigenvalue weighted by molar-refractivity contribution is 0.0576. The van der Waals surface area contributed by atoms with E-state index in [2.05, 4.69) is 20.9 Å². The molecule has 0 amide bonds. The number of aryl methyl sites for hydroxylation is 2. The number of hydrogen-bond acceptors (Lipinski definition) is 3. The van der Waals surface area contributed by atoms with Crippen LogP contribution in [-0.2, 0) is 12.0 Å². The van der Waals surface area contributed by atoms with Gasteiger partial charge in [-0.2, -0.15) is 0 Å². The third-order valence-electron chi connectivity index (χ3n) is 3.08. The van der Waals surface area contributed by atoms with Crippen molar-refractivity contribution in [1.29, 1.82) is 0 Å². The predicted octanol–water partition coefficient (Wildman–Crippen LogP) is 4.63. The highest BCUT2D eigenvalue weighted by atomic mass is 79.9. The van der Waals surface area contributed by atoms with Crippen molar-refractivity contribution in [3.63, 3.8) is 0 Å². The molecule has 1 aromatic heterocycles. The molecule has 5 heteroatoms. The maximum absolute atomic E-state index is 10.7. The van der Waals surface area contributed by atoms with Crippen molar-refractivity contribution in [3.05, 3.63) is 48.8 Å². The fourth-order valence-electron chi connectivity index (χ4n) is 1.93. The van der Waals surface area contributed by atoms with Crippen LogP contribution in [0.25, 0.3) is 0 Å². The highest BCUT2D eigenvalue weighted by molar-refractivity contribution is 9.10. The van der Waals surface area contributed by atoms with E-state index in [0.29, 0.717) is 11.4 Å². The van der Waals surface area contributed by atoms with Crippen molar-refractivity contribution in [2.75, 3.05) is 0 Å². The van der Waals surface area contributed by atoms with E-state index in [9.17, 15) is 5.11 Å². The maximum Gasteiger partial charge on any atom is 0.0962 e. The van der Waals surface area contributed by atoms with Gasteiger partial charge in [0.05, 0.1) is 16.3 Å². The number of aromatic nitrogens is 1. The molecule has 0 aliphatic rings. The predicted molar refractivity (Wildman–Crippen MR) is 84.0 cm³/mol. The molecule has 0 fully saturated rings. The Bertz CT molecular complexity index is 590. The zero-order valence-electron chi connectivity index (χ0n) is 11.0. The highest BCUT2D eigenvalue weighted by Gasteiger charge is 2.27. The second kappa shape index (κ2) is 5.52. The Labute approximate surface area is 130 Å². The summed E-state index contributed by atoms with van der Waals surface area (Å²) in [5.41, 5.74) is 0.731. The molecule has 0 aliphatic heterocycles. The molecule has 1 aromatic carbocycles. The average Bonchev–Trinajstić information content (AvgIpc) is 2.56. The Hall–Kier alpha value is -0.420. The lowest BCUT2D eigenvalue weighted by Crippen LogP contribution is -2.24. The summed E-state index contributed by atoms with van der Waals surface area (Å²) in [6.45, 7) is 5.79. The van der Waals surface area contributed by atoms with E-state index < -0.39 is 5.60 Å². The van der Waals surface area contributed by atoms with E-state index in [-0.39, 0.29) is 0 Å². The monoisotopic (exact) mass is 359 g/mol. The summed E-state index contributed by atoms with van der Waals surface area (Å²) in [7, 11) is 0. The van der Waals surface area contributed by atoms with Crippen LogP contribution in [0.1, 0.15) is 28.1 Å². The van der Waals surface area contributed by atoms with Crippen LogP contribution in [0.5, 0.6) is 0 Å². The maximum atomic E-state index is 10.7. The average molecular weight is 361 g/mol. The summed E-state index contributed by atoms with van der Waals surface area (Å²) in [5, 5.41) is 12.2. The van der Waals surface area contributed by atoms with Gasteiger partial charge in [-0.3, -0.25) is 0 Å². The van der Waals surface area contributed by atoms with Gasteiger partial charge in [-0.15, -0.1) is 11.3 Å². The summed E-state index contributed by atoms with van der Waals surface area (Å²) in [6, 6.07) is 5.53. The first-order valence-corrected chi connectivity index (χ1v) is 7.89. The quantitative estimate of drug-likeness (QED) is 0.866. The van der Waals surface area contributed by atoms with Gasteiger partial charge in [0.1, 0.15) is 0 Å². The highest BCUT2D eigenvalue weighted by Crippen LogP contribution is 2.34. The van der Waals surface area contributed by atoms with Crippen LogP contribution in [-0.4, -0.2) is 10.1 Å². The number of aliphatic hydroxyl groups is 1. The SMILES string of the molecule is Cc1nc(CC(C)(O)c2ccc(Br)cc2Cl)sc1C. The largest absolute Gasteiger partial charge is 0.385 e. The molecular weight excluding hydrogens is 346 g/mol.